The summed E-state index contributed by atoms with van der Waals surface area (Å²) in [6, 6.07) is 15.3. The van der Waals surface area contributed by atoms with Gasteiger partial charge < -0.3 is 9.73 Å². The number of rotatable bonds is 4. The van der Waals surface area contributed by atoms with Crippen molar-refractivity contribution in [2.75, 3.05) is 0 Å². The Hall–Kier alpha value is -2.13. The molecule has 1 saturated carbocycles. The van der Waals surface area contributed by atoms with Gasteiger partial charge in [0.05, 0.1) is 5.69 Å². The number of hydrogen-bond donors (Lipinski definition) is 1. The van der Waals surface area contributed by atoms with Gasteiger partial charge in [0.25, 0.3) is 0 Å². The summed E-state index contributed by atoms with van der Waals surface area (Å²) >= 11 is 0. The lowest BCUT2D eigenvalue weighted by molar-refractivity contribution is 0.570. The molecule has 100 valence electrons. The van der Waals surface area contributed by atoms with E-state index in [2.05, 4.69) is 46.7 Å². The Morgan fingerprint density at radius 3 is 2.80 bits per heavy atom. The van der Waals surface area contributed by atoms with Crippen LogP contribution in [0.25, 0.3) is 22.2 Å². The summed E-state index contributed by atoms with van der Waals surface area (Å²) in [7, 11) is 0. The molecule has 2 aromatic carbocycles. The molecule has 0 unspecified atom stereocenters. The van der Waals surface area contributed by atoms with Crippen LogP contribution in [-0.4, -0.2) is 11.0 Å². The van der Waals surface area contributed by atoms with Crippen molar-refractivity contribution in [1.82, 2.24) is 10.3 Å². The molecule has 3 heteroatoms. The van der Waals surface area contributed by atoms with E-state index in [0.29, 0.717) is 11.9 Å². The fourth-order valence-electron chi connectivity index (χ4n) is 2.38. The molecule has 20 heavy (non-hydrogen) atoms. The first-order valence-corrected chi connectivity index (χ1v) is 7.05. The van der Waals surface area contributed by atoms with Gasteiger partial charge in [-0.05, 0) is 35.7 Å². The molecular formula is C17H16N2O. The van der Waals surface area contributed by atoms with E-state index < -0.39 is 0 Å². The maximum Gasteiger partial charge on any atom is 0.226 e. The quantitative estimate of drug-likeness (QED) is 0.780. The van der Waals surface area contributed by atoms with Crippen LogP contribution in [0.1, 0.15) is 18.5 Å². The number of nitrogens with zero attached hydrogens (tertiary/aromatic N) is 1. The summed E-state index contributed by atoms with van der Waals surface area (Å²) < 4.78 is 5.60. The Balaban J connectivity index is 1.60. The summed E-state index contributed by atoms with van der Waals surface area (Å²) in [4.78, 5) is 4.56. The highest BCUT2D eigenvalue weighted by atomic mass is 16.3. The summed E-state index contributed by atoms with van der Waals surface area (Å²) in [6.07, 6.45) is 4.32. The lowest BCUT2D eigenvalue weighted by Gasteiger charge is -2.00. The second-order valence-electron chi connectivity index (χ2n) is 5.36. The van der Waals surface area contributed by atoms with E-state index in [9.17, 15) is 0 Å². The molecule has 0 amide bonds. The van der Waals surface area contributed by atoms with Crippen LogP contribution in [0.5, 0.6) is 0 Å². The minimum atomic E-state index is 0.691. The van der Waals surface area contributed by atoms with Crippen LogP contribution in [0.4, 0.5) is 0 Å². The van der Waals surface area contributed by atoms with Crippen molar-refractivity contribution >= 4 is 10.8 Å². The highest BCUT2D eigenvalue weighted by Gasteiger charge is 2.20. The first kappa shape index (κ1) is 11.7. The van der Waals surface area contributed by atoms with E-state index >= 15 is 0 Å². The second-order valence-corrected chi connectivity index (χ2v) is 5.36. The maximum absolute atomic E-state index is 5.60. The van der Waals surface area contributed by atoms with Crippen LogP contribution in [0, 0.1) is 0 Å². The first-order chi connectivity index (χ1) is 9.88. The van der Waals surface area contributed by atoms with Crippen LogP contribution < -0.4 is 5.32 Å². The molecule has 0 radical (unpaired) electrons. The molecule has 1 N–H and O–H groups in total. The number of nitrogens with one attached hydrogen (secondary N) is 1. The third kappa shape index (κ3) is 2.32. The van der Waals surface area contributed by atoms with Gasteiger partial charge in [-0.2, -0.15) is 0 Å². The standard InChI is InChI=1S/C17H16N2O/c1-2-4-13-9-14(6-5-12(13)3-1)17-19-16(11-20-17)10-18-15-7-8-15/h1-6,9,11,15,18H,7-8,10H2. The van der Waals surface area contributed by atoms with Gasteiger partial charge in [0, 0.05) is 18.2 Å². The fourth-order valence-corrected chi connectivity index (χ4v) is 2.38. The summed E-state index contributed by atoms with van der Waals surface area (Å²) in [5, 5.41) is 5.89. The minimum absolute atomic E-state index is 0.691. The number of aromatic nitrogens is 1. The Kier molecular flexibility index (Phi) is 2.78. The van der Waals surface area contributed by atoms with E-state index in [1.165, 1.54) is 23.6 Å². The molecule has 1 fully saturated rings. The zero-order valence-corrected chi connectivity index (χ0v) is 11.2. The highest BCUT2D eigenvalue weighted by molar-refractivity contribution is 5.86. The van der Waals surface area contributed by atoms with Gasteiger partial charge in [0.15, 0.2) is 0 Å². The van der Waals surface area contributed by atoms with Crippen molar-refractivity contribution in [2.45, 2.75) is 25.4 Å². The van der Waals surface area contributed by atoms with Crippen LogP contribution in [0.2, 0.25) is 0 Å². The van der Waals surface area contributed by atoms with Gasteiger partial charge in [0.1, 0.15) is 6.26 Å². The summed E-state index contributed by atoms with van der Waals surface area (Å²) in [6.45, 7) is 0.793. The van der Waals surface area contributed by atoms with Gasteiger partial charge >= 0.3 is 0 Å². The molecule has 4 rings (SSSR count). The number of oxazole rings is 1. The van der Waals surface area contributed by atoms with Crippen molar-refractivity contribution in [3.05, 3.63) is 54.4 Å². The lowest BCUT2D eigenvalue weighted by Crippen LogP contribution is -2.15. The maximum atomic E-state index is 5.60. The van der Waals surface area contributed by atoms with E-state index in [1.807, 2.05) is 6.07 Å². The monoisotopic (exact) mass is 264 g/mol. The smallest absolute Gasteiger partial charge is 0.226 e. The van der Waals surface area contributed by atoms with Crippen molar-refractivity contribution in [3.63, 3.8) is 0 Å². The van der Waals surface area contributed by atoms with Gasteiger partial charge in [0.2, 0.25) is 5.89 Å². The Morgan fingerprint density at radius 1 is 1.10 bits per heavy atom. The SMILES string of the molecule is c1ccc2cc(-c3nc(CNC4CC4)co3)ccc2c1. The fraction of sp³-hybridized carbons (Fsp3) is 0.235. The van der Waals surface area contributed by atoms with Gasteiger partial charge in [-0.15, -0.1) is 0 Å². The predicted octanol–water partition coefficient (Wildman–Crippen LogP) is 3.75. The van der Waals surface area contributed by atoms with Crippen molar-refractivity contribution < 1.29 is 4.42 Å². The Bertz CT molecular complexity index is 743. The Labute approximate surface area is 117 Å². The molecule has 0 spiro atoms. The van der Waals surface area contributed by atoms with Gasteiger partial charge in [-0.25, -0.2) is 4.98 Å². The summed E-state index contributed by atoms with van der Waals surface area (Å²) in [5.74, 6) is 0.698. The van der Waals surface area contributed by atoms with Crippen LogP contribution >= 0.6 is 0 Å². The third-order valence-corrected chi connectivity index (χ3v) is 3.70. The second kappa shape index (κ2) is 4.76. The lowest BCUT2D eigenvalue weighted by atomic mass is 10.1. The molecule has 1 aliphatic carbocycles. The van der Waals surface area contributed by atoms with Crippen molar-refractivity contribution in [3.8, 4) is 11.5 Å². The predicted molar refractivity (Wildman–Crippen MR) is 79.3 cm³/mol. The number of benzene rings is 2. The van der Waals surface area contributed by atoms with Gasteiger partial charge in [-0.1, -0.05) is 30.3 Å². The zero-order valence-electron chi connectivity index (χ0n) is 11.2. The topological polar surface area (TPSA) is 38.1 Å². The van der Waals surface area contributed by atoms with E-state index in [-0.39, 0.29) is 0 Å². The molecule has 0 saturated heterocycles. The molecule has 1 aliphatic rings. The molecule has 1 heterocycles. The minimum Gasteiger partial charge on any atom is -0.444 e. The molecule has 3 aromatic rings. The highest BCUT2D eigenvalue weighted by Crippen LogP contribution is 2.24. The number of fused-ring (bicyclic) bond motifs is 1. The van der Waals surface area contributed by atoms with E-state index in [0.717, 1.165) is 17.8 Å². The van der Waals surface area contributed by atoms with E-state index in [1.54, 1.807) is 6.26 Å². The van der Waals surface area contributed by atoms with Crippen molar-refractivity contribution in [1.29, 1.82) is 0 Å². The molecule has 0 atom stereocenters. The normalized spacial score (nSPS) is 14.8. The van der Waals surface area contributed by atoms with Crippen LogP contribution in [-0.2, 0) is 6.54 Å². The molecular weight excluding hydrogens is 248 g/mol. The Morgan fingerprint density at radius 2 is 1.95 bits per heavy atom. The van der Waals surface area contributed by atoms with Crippen LogP contribution in [0.15, 0.2) is 53.1 Å². The summed E-state index contributed by atoms with van der Waals surface area (Å²) in [5.41, 5.74) is 2.00. The molecule has 0 aliphatic heterocycles. The average Bonchev–Trinajstić information content (AvgIpc) is 3.21. The number of hydrogen-bond acceptors (Lipinski definition) is 3. The largest absolute Gasteiger partial charge is 0.444 e. The zero-order chi connectivity index (χ0) is 13.4. The molecule has 3 nitrogen and oxygen atoms in total. The molecule has 0 bridgehead atoms. The van der Waals surface area contributed by atoms with Crippen LogP contribution in [0.3, 0.4) is 0 Å². The van der Waals surface area contributed by atoms with Gasteiger partial charge in [-0.3, -0.25) is 0 Å². The molecule has 1 aromatic heterocycles. The first-order valence-electron chi connectivity index (χ1n) is 7.05. The average molecular weight is 264 g/mol. The van der Waals surface area contributed by atoms with Crippen molar-refractivity contribution in [2.24, 2.45) is 0 Å². The van der Waals surface area contributed by atoms with E-state index in [4.69, 9.17) is 4.42 Å². The third-order valence-electron chi connectivity index (χ3n) is 3.70.